The van der Waals surface area contributed by atoms with Gasteiger partial charge in [0.25, 0.3) is 5.91 Å². The molecular formula is C21H23FN2O4S. The number of hydrogen-bond donors (Lipinski definition) is 0. The summed E-state index contributed by atoms with van der Waals surface area (Å²) in [6, 6.07) is 14.6. The van der Waals surface area contributed by atoms with Crippen molar-refractivity contribution in [3.8, 4) is 5.75 Å². The third kappa shape index (κ3) is 5.65. The van der Waals surface area contributed by atoms with Crippen LogP contribution in [-0.4, -0.2) is 55.8 Å². The maximum Gasteiger partial charge on any atom is 0.263 e. The number of hydrogen-bond acceptors (Lipinski definition) is 4. The number of rotatable bonds is 6. The zero-order valence-electron chi connectivity index (χ0n) is 16.1. The van der Waals surface area contributed by atoms with Crippen molar-refractivity contribution in [1.82, 2.24) is 9.21 Å². The Bertz CT molecular complexity index is 954. The van der Waals surface area contributed by atoms with Gasteiger partial charge >= 0.3 is 0 Å². The number of halogens is 1. The van der Waals surface area contributed by atoms with E-state index < -0.39 is 16.1 Å². The molecule has 2 aromatic carbocycles. The van der Waals surface area contributed by atoms with Gasteiger partial charge in [-0.1, -0.05) is 30.3 Å². The Labute approximate surface area is 170 Å². The van der Waals surface area contributed by atoms with E-state index >= 15 is 0 Å². The number of sulfonamides is 1. The van der Waals surface area contributed by atoms with Crippen molar-refractivity contribution < 1.29 is 22.3 Å². The minimum atomic E-state index is -3.56. The molecule has 0 bridgehead atoms. The van der Waals surface area contributed by atoms with E-state index in [0.29, 0.717) is 5.75 Å². The van der Waals surface area contributed by atoms with Crippen LogP contribution in [-0.2, 0) is 14.8 Å². The Balaban J connectivity index is 1.54. The number of benzene rings is 2. The Hall–Kier alpha value is -2.71. The minimum absolute atomic E-state index is 0.219. The molecule has 8 heteroatoms. The van der Waals surface area contributed by atoms with E-state index in [0.717, 1.165) is 5.56 Å². The molecule has 0 radical (unpaired) electrons. The smallest absolute Gasteiger partial charge is 0.263 e. The molecule has 154 valence electrons. The van der Waals surface area contributed by atoms with Gasteiger partial charge in [0.1, 0.15) is 11.6 Å². The van der Waals surface area contributed by atoms with E-state index in [-0.39, 0.29) is 37.9 Å². The van der Waals surface area contributed by atoms with Crippen molar-refractivity contribution in [3.63, 3.8) is 0 Å². The van der Waals surface area contributed by atoms with Crippen LogP contribution in [0.2, 0.25) is 0 Å². The number of carbonyl (C=O) groups is 1. The van der Waals surface area contributed by atoms with Crippen molar-refractivity contribution in [3.05, 3.63) is 71.4 Å². The van der Waals surface area contributed by atoms with Gasteiger partial charge in [0, 0.05) is 31.6 Å². The highest BCUT2D eigenvalue weighted by Gasteiger charge is 2.30. The third-order valence-electron chi connectivity index (χ3n) is 4.62. The second kappa shape index (κ2) is 9.19. The molecule has 1 saturated heterocycles. The predicted molar refractivity (Wildman–Crippen MR) is 109 cm³/mol. The summed E-state index contributed by atoms with van der Waals surface area (Å²) in [7, 11) is -3.56. The van der Waals surface area contributed by atoms with Gasteiger partial charge < -0.3 is 9.64 Å². The average Bonchev–Trinajstić information content (AvgIpc) is 2.74. The fourth-order valence-electron chi connectivity index (χ4n) is 3.00. The molecule has 1 heterocycles. The van der Waals surface area contributed by atoms with E-state index in [1.165, 1.54) is 34.0 Å². The van der Waals surface area contributed by atoms with Crippen LogP contribution in [0, 0.1) is 5.82 Å². The summed E-state index contributed by atoms with van der Waals surface area (Å²) in [5, 5.41) is 1.19. The van der Waals surface area contributed by atoms with E-state index in [9.17, 15) is 17.6 Å². The first-order valence-corrected chi connectivity index (χ1v) is 10.8. The molecule has 0 spiro atoms. The molecule has 0 aromatic heterocycles. The molecule has 1 atom stereocenters. The largest absolute Gasteiger partial charge is 0.481 e. The van der Waals surface area contributed by atoms with Gasteiger partial charge in [-0.05, 0) is 42.8 Å². The van der Waals surface area contributed by atoms with E-state index in [2.05, 4.69) is 0 Å². The van der Waals surface area contributed by atoms with E-state index in [1.807, 2.05) is 30.3 Å². The van der Waals surface area contributed by atoms with Crippen LogP contribution in [0.5, 0.6) is 5.75 Å². The Morgan fingerprint density at radius 2 is 1.66 bits per heavy atom. The number of ether oxygens (including phenoxy) is 1. The summed E-state index contributed by atoms with van der Waals surface area (Å²) in [6.45, 7) is 2.63. The molecule has 6 nitrogen and oxygen atoms in total. The Morgan fingerprint density at radius 1 is 1.03 bits per heavy atom. The lowest BCUT2D eigenvalue weighted by molar-refractivity contribution is -0.139. The van der Waals surface area contributed by atoms with Crippen LogP contribution in [0.15, 0.2) is 60.0 Å². The third-order valence-corrected chi connectivity index (χ3v) is 6.18. The van der Waals surface area contributed by atoms with Gasteiger partial charge in [-0.25, -0.2) is 12.8 Å². The molecule has 0 N–H and O–H groups in total. The first-order valence-electron chi connectivity index (χ1n) is 9.29. The summed E-state index contributed by atoms with van der Waals surface area (Å²) >= 11 is 0. The Kier molecular flexibility index (Phi) is 6.66. The molecule has 1 fully saturated rings. The monoisotopic (exact) mass is 418 g/mol. The molecule has 0 aliphatic carbocycles. The number of carbonyl (C=O) groups excluding carboxylic acids is 1. The minimum Gasteiger partial charge on any atom is -0.481 e. The fraction of sp³-hybridized carbons (Fsp3) is 0.286. The lowest BCUT2D eigenvalue weighted by atomic mass is 10.2. The SMILES string of the molecule is C[C@@H](Oc1ccc(F)cc1)C(=O)N1CCN(S(=O)(=O)/C=C/c2ccccc2)CC1. The second-order valence-corrected chi connectivity index (χ2v) is 8.52. The van der Waals surface area contributed by atoms with Crippen LogP contribution < -0.4 is 4.74 Å². The summed E-state index contributed by atoms with van der Waals surface area (Å²) in [4.78, 5) is 14.2. The van der Waals surface area contributed by atoms with Gasteiger partial charge in [0.2, 0.25) is 10.0 Å². The molecule has 29 heavy (non-hydrogen) atoms. The second-order valence-electron chi connectivity index (χ2n) is 6.70. The lowest BCUT2D eigenvalue weighted by Crippen LogP contribution is -2.52. The average molecular weight is 418 g/mol. The highest BCUT2D eigenvalue weighted by molar-refractivity contribution is 7.92. The molecule has 1 aliphatic heterocycles. The topological polar surface area (TPSA) is 66.9 Å². The quantitative estimate of drug-likeness (QED) is 0.724. The van der Waals surface area contributed by atoms with E-state index in [4.69, 9.17) is 4.74 Å². The number of nitrogens with zero attached hydrogens (tertiary/aromatic N) is 2. The van der Waals surface area contributed by atoms with Gasteiger partial charge in [0.15, 0.2) is 6.10 Å². The van der Waals surface area contributed by atoms with E-state index in [1.54, 1.807) is 17.9 Å². The highest BCUT2D eigenvalue weighted by atomic mass is 32.2. The van der Waals surface area contributed by atoms with Gasteiger partial charge in [0.05, 0.1) is 0 Å². The summed E-state index contributed by atoms with van der Waals surface area (Å²) in [6.07, 6.45) is 0.812. The van der Waals surface area contributed by atoms with Gasteiger partial charge in [-0.3, -0.25) is 4.79 Å². The van der Waals surface area contributed by atoms with Crippen molar-refractivity contribution in [2.75, 3.05) is 26.2 Å². The molecule has 0 unspecified atom stereocenters. The molecular weight excluding hydrogens is 395 g/mol. The Morgan fingerprint density at radius 3 is 2.28 bits per heavy atom. The molecule has 1 amide bonds. The maximum absolute atomic E-state index is 13.0. The summed E-state index contributed by atoms with van der Waals surface area (Å²) in [5.41, 5.74) is 0.802. The standard InChI is InChI=1S/C21H23FN2O4S/c1-17(28-20-9-7-19(22)8-10-20)21(25)23-12-14-24(15-13-23)29(26,27)16-11-18-5-3-2-4-6-18/h2-11,16-17H,12-15H2,1H3/b16-11+/t17-/m1/s1. The zero-order chi connectivity index (χ0) is 20.9. The van der Waals surface area contributed by atoms with Crippen molar-refractivity contribution >= 4 is 22.0 Å². The molecule has 3 rings (SSSR count). The van der Waals surface area contributed by atoms with Crippen LogP contribution in [0.4, 0.5) is 4.39 Å². The fourth-order valence-corrected chi connectivity index (χ4v) is 4.18. The van der Waals surface area contributed by atoms with Gasteiger partial charge in [-0.15, -0.1) is 0 Å². The summed E-state index contributed by atoms with van der Waals surface area (Å²) in [5.74, 6) is -0.208. The van der Waals surface area contributed by atoms with Crippen LogP contribution in [0.3, 0.4) is 0 Å². The first kappa shape index (κ1) is 21.0. The lowest BCUT2D eigenvalue weighted by Gasteiger charge is -2.34. The van der Waals surface area contributed by atoms with Crippen LogP contribution in [0.1, 0.15) is 12.5 Å². The summed E-state index contributed by atoms with van der Waals surface area (Å²) < 4.78 is 44.9. The van der Waals surface area contributed by atoms with Crippen molar-refractivity contribution in [1.29, 1.82) is 0 Å². The molecule has 1 aliphatic rings. The zero-order valence-corrected chi connectivity index (χ0v) is 16.9. The van der Waals surface area contributed by atoms with Crippen LogP contribution in [0.25, 0.3) is 6.08 Å². The van der Waals surface area contributed by atoms with Crippen LogP contribution >= 0.6 is 0 Å². The highest BCUT2D eigenvalue weighted by Crippen LogP contribution is 2.16. The first-order chi connectivity index (χ1) is 13.8. The number of amides is 1. The van der Waals surface area contributed by atoms with Crippen molar-refractivity contribution in [2.45, 2.75) is 13.0 Å². The normalized spacial score (nSPS) is 16.7. The predicted octanol–water partition coefficient (Wildman–Crippen LogP) is 2.74. The maximum atomic E-state index is 13.0. The van der Waals surface area contributed by atoms with Gasteiger partial charge in [-0.2, -0.15) is 4.31 Å². The molecule has 2 aromatic rings. The molecule has 0 saturated carbocycles. The number of piperazine rings is 1. The van der Waals surface area contributed by atoms with Crippen molar-refractivity contribution in [2.24, 2.45) is 0 Å².